The molecule has 0 rings (SSSR count). The molecule has 0 saturated heterocycles. The molecule has 4 heavy (non-hydrogen) atoms. The highest BCUT2D eigenvalue weighted by molar-refractivity contribution is 8.62. The van der Waals surface area contributed by atoms with E-state index in [-0.39, 0.29) is 0 Å². The van der Waals surface area contributed by atoms with Crippen LogP contribution in [-0.2, 0) is 24.5 Å². The van der Waals surface area contributed by atoms with Crippen LogP contribution in [0.2, 0.25) is 0 Å². The molecule has 0 amide bonds. The van der Waals surface area contributed by atoms with Gasteiger partial charge >= 0.3 is 0 Å². The molecule has 0 atom stereocenters. The minimum absolute atomic E-state index is 1.70. The predicted molar refractivity (Wildman–Crippen MR) is 21.6 cm³/mol. The topological polar surface area (TPSA) is 23.1 Å². The highest BCUT2D eigenvalue weighted by Crippen LogP contribution is 2.11. The Balaban J connectivity index is 2.32. The van der Waals surface area contributed by atoms with Gasteiger partial charge in [0.15, 0.2) is 0 Å². The molecule has 0 N–H and O–H groups in total. The van der Waals surface area contributed by atoms with E-state index in [9.17, 15) is 4.89 Å². The first kappa shape index (κ1) is 5.09. The van der Waals surface area contributed by atoms with Gasteiger partial charge < -0.3 is 35.9 Å². The Morgan fingerprint density at radius 3 is 1.50 bits per heavy atom. The van der Waals surface area contributed by atoms with Crippen LogP contribution in [0.4, 0.5) is 0 Å². The van der Waals surface area contributed by atoms with Crippen molar-refractivity contribution >= 4 is 31.0 Å². The molecule has 0 spiro atoms. The summed E-state index contributed by atoms with van der Waals surface area (Å²) in [7, 11) is 0. The normalized spacial score (nSPS) is 9.00. The molecule has 0 radical (unpaired) electrons. The summed E-state index contributed by atoms with van der Waals surface area (Å²) in [5.41, 5.74) is 0. The van der Waals surface area contributed by atoms with Gasteiger partial charge in [0.1, 0.15) is 0 Å². The maximum atomic E-state index is 9.22. The van der Waals surface area contributed by atoms with E-state index in [1.54, 1.807) is 0 Å². The Morgan fingerprint density at radius 1 is 1.50 bits per heavy atom. The van der Waals surface area contributed by atoms with E-state index in [0.717, 1.165) is 0 Å². The van der Waals surface area contributed by atoms with Crippen LogP contribution >= 0.6 is 6.55 Å². The molecule has 0 fully saturated rings. The first-order valence-electron chi connectivity index (χ1n) is 0.548. The Hall–Kier alpha value is 1.09. The van der Waals surface area contributed by atoms with Crippen LogP contribution < -0.4 is 4.89 Å². The van der Waals surface area contributed by atoms with E-state index < -0.39 is 6.55 Å². The SMILES string of the molecule is [O-]P([S-])[S-]. The van der Waals surface area contributed by atoms with Crippen molar-refractivity contribution in [3.05, 3.63) is 0 Å². The summed E-state index contributed by atoms with van der Waals surface area (Å²) in [6.45, 7) is -1.70. The summed E-state index contributed by atoms with van der Waals surface area (Å²) in [4.78, 5) is 9.22. The number of rotatable bonds is 0. The van der Waals surface area contributed by atoms with Crippen molar-refractivity contribution in [3.8, 4) is 0 Å². The fourth-order valence-electron chi connectivity index (χ4n) is 0. The summed E-state index contributed by atoms with van der Waals surface area (Å²) in [5.74, 6) is 0. The van der Waals surface area contributed by atoms with E-state index in [0.29, 0.717) is 0 Å². The third-order valence-electron chi connectivity index (χ3n) is 0. The second-order valence-electron chi connectivity index (χ2n) is 0.224. The lowest BCUT2D eigenvalue weighted by Crippen LogP contribution is -1.82. The van der Waals surface area contributed by atoms with Crippen molar-refractivity contribution < 1.29 is 4.89 Å². The van der Waals surface area contributed by atoms with Gasteiger partial charge in [-0.1, -0.05) is 0 Å². The zero-order valence-corrected chi connectivity index (χ0v) is 4.20. The molecule has 0 aliphatic rings. The molecule has 0 heterocycles. The lowest BCUT2D eigenvalue weighted by atomic mass is 15.9. The second kappa shape index (κ2) is 2.33. The maximum Gasteiger partial charge on any atom is -0.533 e. The fraction of sp³-hybridized carbons (Fsp3) is 0. The molecule has 26 valence electrons. The van der Waals surface area contributed by atoms with Crippen LogP contribution in [-0.4, -0.2) is 0 Å². The predicted octanol–water partition coefficient (Wildman–Crippen LogP) is -0.333. The van der Waals surface area contributed by atoms with Crippen LogP contribution in [0.1, 0.15) is 0 Å². The highest BCUT2D eigenvalue weighted by Gasteiger charge is 1.06. The minimum atomic E-state index is -1.70. The summed E-state index contributed by atoms with van der Waals surface area (Å²) in [6.07, 6.45) is 0. The van der Waals surface area contributed by atoms with Gasteiger partial charge in [-0.15, -0.1) is 0 Å². The first-order chi connectivity index (χ1) is 1.73. The molecule has 0 aliphatic heterocycles. The molecule has 0 aliphatic carbocycles. The van der Waals surface area contributed by atoms with Gasteiger partial charge in [-0.25, -0.2) is 0 Å². The Labute approximate surface area is 36.6 Å². The van der Waals surface area contributed by atoms with E-state index in [4.69, 9.17) is 0 Å². The number of hydrogen-bond acceptors (Lipinski definition) is 3. The monoisotopic (exact) mass is 111 g/mol. The molecule has 0 aromatic heterocycles. The van der Waals surface area contributed by atoms with Crippen LogP contribution in [0.25, 0.3) is 0 Å². The Morgan fingerprint density at radius 2 is 1.50 bits per heavy atom. The van der Waals surface area contributed by atoms with Gasteiger partial charge in [0.2, 0.25) is 0 Å². The van der Waals surface area contributed by atoms with Crippen LogP contribution in [0.3, 0.4) is 0 Å². The number of hydrogen-bond donors (Lipinski definition) is 0. The summed E-state index contributed by atoms with van der Waals surface area (Å²) >= 11 is 7.89. The molecule has 1 nitrogen and oxygen atoms in total. The quantitative estimate of drug-likeness (QED) is 0.316. The zero-order valence-electron chi connectivity index (χ0n) is 1.67. The Kier molecular flexibility index (Phi) is 2.97. The molecule has 0 bridgehead atoms. The third kappa shape index (κ3) is 11.4. The molecular formula is OPS2-3. The van der Waals surface area contributed by atoms with E-state index in [2.05, 4.69) is 24.5 Å². The van der Waals surface area contributed by atoms with E-state index in [1.165, 1.54) is 0 Å². The molecule has 0 saturated carbocycles. The van der Waals surface area contributed by atoms with Crippen molar-refractivity contribution in [1.82, 2.24) is 0 Å². The molecule has 0 aromatic rings. The zero-order chi connectivity index (χ0) is 3.58. The summed E-state index contributed by atoms with van der Waals surface area (Å²) in [5, 5.41) is 0. The van der Waals surface area contributed by atoms with Crippen molar-refractivity contribution in [2.24, 2.45) is 0 Å². The second-order valence-corrected chi connectivity index (χ2v) is 3.35. The van der Waals surface area contributed by atoms with Crippen molar-refractivity contribution in [3.63, 3.8) is 0 Å². The minimum Gasteiger partial charge on any atom is -0.866 e. The van der Waals surface area contributed by atoms with Crippen LogP contribution in [0, 0.1) is 0 Å². The highest BCUT2D eigenvalue weighted by atomic mass is 33.1. The lowest BCUT2D eigenvalue weighted by Gasteiger charge is -2.42. The van der Waals surface area contributed by atoms with Gasteiger partial charge in [-0.05, 0) is 0 Å². The molecular weight excluding hydrogens is 111 g/mol. The average molecular weight is 111 g/mol. The van der Waals surface area contributed by atoms with E-state index in [1.807, 2.05) is 0 Å². The largest absolute Gasteiger partial charge is 0.866 e. The first-order valence-corrected chi connectivity index (χ1v) is 3.83. The van der Waals surface area contributed by atoms with Crippen LogP contribution in [0.5, 0.6) is 0 Å². The van der Waals surface area contributed by atoms with Crippen molar-refractivity contribution in [2.45, 2.75) is 0 Å². The third-order valence-corrected chi connectivity index (χ3v) is 0. The molecule has 4 heteroatoms. The van der Waals surface area contributed by atoms with Crippen molar-refractivity contribution in [2.75, 3.05) is 0 Å². The fourth-order valence-corrected chi connectivity index (χ4v) is 0. The van der Waals surface area contributed by atoms with Gasteiger partial charge in [0, 0.05) is 0 Å². The van der Waals surface area contributed by atoms with Gasteiger partial charge in [-0.3, -0.25) is 0 Å². The van der Waals surface area contributed by atoms with Gasteiger partial charge in [-0.2, -0.15) is 0 Å². The summed E-state index contributed by atoms with van der Waals surface area (Å²) in [6, 6.07) is 0. The van der Waals surface area contributed by atoms with Crippen LogP contribution in [0.15, 0.2) is 0 Å². The molecule has 0 unspecified atom stereocenters. The smallest absolute Gasteiger partial charge is 0.533 e. The maximum absolute atomic E-state index is 9.22. The molecule has 0 aromatic carbocycles. The Bertz CT molecular complexity index is 10.8. The van der Waals surface area contributed by atoms with E-state index >= 15 is 0 Å². The average Bonchev–Trinajstić information content (AvgIpc) is 0.811. The summed E-state index contributed by atoms with van der Waals surface area (Å²) < 4.78 is 0. The standard InChI is InChI=1S/OPS2/c1-2(3)4/q-3. The van der Waals surface area contributed by atoms with Gasteiger partial charge in [0.25, 0.3) is 0 Å². The van der Waals surface area contributed by atoms with Crippen molar-refractivity contribution in [1.29, 1.82) is 0 Å². The van der Waals surface area contributed by atoms with Gasteiger partial charge in [0.05, 0.1) is 0 Å². The lowest BCUT2D eigenvalue weighted by molar-refractivity contribution is -0.147.